The number of alkyl halides is 1. The van der Waals surface area contributed by atoms with Crippen molar-refractivity contribution in [3.8, 4) is 0 Å². The molecule has 1 aromatic heterocycles. The average Bonchev–Trinajstić information content (AvgIpc) is 2.34. The fraction of sp³-hybridized carbons (Fsp3) is 0.700. The molecule has 1 unspecified atom stereocenters. The van der Waals surface area contributed by atoms with E-state index >= 15 is 0 Å². The molecule has 0 aromatic carbocycles. The third kappa shape index (κ3) is 2.83. The quantitative estimate of drug-likeness (QED) is 0.732. The van der Waals surface area contributed by atoms with Gasteiger partial charge in [-0.15, -0.1) is 0 Å². The van der Waals surface area contributed by atoms with Gasteiger partial charge in [0.15, 0.2) is 0 Å². The lowest BCUT2D eigenvalue weighted by molar-refractivity contribution is 0.392. The molecule has 0 saturated heterocycles. The van der Waals surface area contributed by atoms with E-state index < -0.39 is 0 Å². The van der Waals surface area contributed by atoms with E-state index in [0.29, 0.717) is 4.83 Å². The molecule has 0 aliphatic rings. The van der Waals surface area contributed by atoms with Crippen molar-refractivity contribution in [2.24, 2.45) is 12.5 Å². The predicted octanol–water partition coefficient (Wildman–Crippen LogP) is 2.77. The molecule has 1 rings (SSSR count). The standard InChI is InChI=1S/C10H17BrN2/c1-10(2,3)8(11)7-9-12-5-6-13(9)4/h5-6,8H,7H2,1-4H3. The highest BCUT2D eigenvalue weighted by Crippen LogP contribution is 2.28. The van der Waals surface area contributed by atoms with Gasteiger partial charge in [-0.3, -0.25) is 0 Å². The van der Waals surface area contributed by atoms with Gasteiger partial charge in [-0.05, 0) is 5.41 Å². The number of hydrogen-bond acceptors (Lipinski definition) is 1. The first-order valence-corrected chi connectivity index (χ1v) is 5.43. The van der Waals surface area contributed by atoms with Crippen LogP contribution in [0.5, 0.6) is 0 Å². The zero-order valence-corrected chi connectivity index (χ0v) is 10.3. The first-order valence-electron chi connectivity index (χ1n) is 4.51. The number of nitrogens with zero attached hydrogens (tertiary/aromatic N) is 2. The minimum absolute atomic E-state index is 0.284. The maximum absolute atomic E-state index is 4.30. The summed E-state index contributed by atoms with van der Waals surface area (Å²) < 4.78 is 2.07. The van der Waals surface area contributed by atoms with Gasteiger partial charge in [-0.2, -0.15) is 0 Å². The lowest BCUT2D eigenvalue weighted by Crippen LogP contribution is -2.23. The molecule has 0 aliphatic heterocycles. The number of halogens is 1. The highest BCUT2D eigenvalue weighted by atomic mass is 79.9. The Morgan fingerprint density at radius 3 is 2.54 bits per heavy atom. The average molecular weight is 245 g/mol. The van der Waals surface area contributed by atoms with Crippen LogP contribution in [-0.2, 0) is 13.5 Å². The molecule has 0 N–H and O–H groups in total. The Kier molecular flexibility index (Phi) is 3.17. The molecular weight excluding hydrogens is 228 g/mol. The van der Waals surface area contributed by atoms with Crippen LogP contribution in [0.1, 0.15) is 26.6 Å². The van der Waals surface area contributed by atoms with E-state index in [-0.39, 0.29) is 5.41 Å². The van der Waals surface area contributed by atoms with E-state index in [0.717, 1.165) is 12.2 Å². The van der Waals surface area contributed by atoms with Crippen LogP contribution in [0.25, 0.3) is 0 Å². The maximum atomic E-state index is 4.30. The fourth-order valence-corrected chi connectivity index (χ4v) is 1.35. The number of hydrogen-bond donors (Lipinski definition) is 0. The first-order chi connectivity index (χ1) is 5.91. The number of aryl methyl sites for hydroxylation is 1. The molecule has 3 heteroatoms. The SMILES string of the molecule is Cn1ccnc1CC(Br)C(C)(C)C. The van der Waals surface area contributed by atoms with Crippen molar-refractivity contribution in [3.63, 3.8) is 0 Å². The summed E-state index contributed by atoms with van der Waals surface area (Å²) in [5, 5.41) is 0. The van der Waals surface area contributed by atoms with Gasteiger partial charge in [-0.25, -0.2) is 4.98 Å². The number of rotatable bonds is 2. The molecule has 0 aliphatic carbocycles. The molecule has 0 amide bonds. The van der Waals surface area contributed by atoms with Crippen molar-refractivity contribution in [1.29, 1.82) is 0 Å². The highest BCUT2D eigenvalue weighted by Gasteiger charge is 2.23. The topological polar surface area (TPSA) is 17.8 Å². The van der Waals surface area contributed by atoms with Crippen molar-refractivity contribution >= 4 is 15.9 Å². The van der Waals surface area contributed by atoms with Crippen LogP contribution < -0.4 is 0 Å². The lowest BCUT2D eigenvalue weighted by Gasteiger charge is -2.25. The van der Waals surface area contributed by atoms with Crippen molar-refractivity contribution in [2.75, 3.05) is 0 Å². The van der Waals surface area contributed by atoms with Gasteiger partial charge < -0.3 is 4.57 Å². The summed E-state index contributed by atoms with van der Waals surface area (Å²) >= 11 is 3.70. The van der Waals surface area contributed by atoms with Gasteiger partial charge in [0.2, 0.25) is 0 Å². The summed E-state index contributed by atoms with van der Waals surface area (Å²) in [6.45, 7) is 6.69. The van der Waals surface area contributed by atoms with E-state index in [4.69, 9.17) is 0 Å². The molecule has 0 radical (unpaired) electrons. The lowest BCUT2D eigenvalue weighted by atomic mass is 9.90. The molecule has 0 saturated carbocycles. The minimum atomic E-state index is 0.284. The smallest absolute Gasteiger partial charge is 0.109 e. The summed E-state index contributed by atoms with van der Waals surface area (Å²) in [6, 6.07) is 0. The maximum Gasteiger partial charge on any atom is 0.109 e. The van der Waals surface area contributed by atoms with Crippen molar-refractivity contribution < 1.29 is 0 Å². The Balaban J connectivity index is 2.65. The molecular formula is C10H17BrN2. The van der Waals surface area contributed by atoms with Crippen LogP contribution in [0.2, 0.25) is 0 Å². The van der Waals surface area contributed by atoms with Gasteiger partial charge in [-0.1, -0.05) is 36.7 Å². The second-order valence-corrected chi connectivity index (χ2v) is 5.60. The van der Waals surface area contributed by atoms with Gasteiger partial charge in [0.25, 0.3) is 0 Å². The Morgan fingerprint density at radius 2 is 2.15 bits per heavy atom. The predicted molar refractivity (Wildman–Crippen MR) is 59.1 cm³/mol. The third-order valence-corrected chi connectivity index (χ3v) is 3.92. The normalized spacial score (nSPS) is 14.5. The van der Waals surface area contributed by atoms with Crippen molar-refractivity contribution in [3.05, 3.63) is 18.2 Å². The highest BCUT2D eigenvalue weighted by molar-refractivity contribution is 9.09. The van der Waals surface area contributed by atoms with Crippen LogP contribution in [0.3, 0.4) is 0 Å². The Bertz CT molecular complexity index is 273. The monoisotopic (exact) mass is 244 g/mol. The molecule has 74 valence electrons. The number of imidazole rings is 1. The zero-order chi connectivity index (χ0) is 10.1. The zero-order valence-electron chi connectivity index (χ0n) is 8.71. The van der Waals surface area contributed by atoms with Crippen LogP contribution in [0.4, 0.5) is 0 Å². The van der Waals surface area contributed by atoms with Crippen LogP contribution in [0, 0.1) is 5.41 Å². The summed E-state index contributed by atoms with van der Waals surface area (Å²) in [5.41, 5.74) is 0.284. The molecule has 0 spiro atoms. The fourth-order valence-electron chi connectivity index (χ4n) is 1.06. The van der Waals surface area contributed by atoms with Crippen LogP contribution >= 0.6 is 15.9 Å². The summed E-state index contributed by atoms with van der Waals surface area (Å²) in [4.78, 5) is 4.78. The Morgan fingerprint density at radius 1 is 1.54 bits per heavy atom. The first kappa shape index (κ1) is 10.8. The van der Waals surface area contributed by atoms with Gasteiger partial charge in [0.05, 0.1) is 0 Å². The summed E-state index contributed by atoms with van der Waals surface area (Å²) in [5.74, 6) is 1.14. The number of aromatic nitrogens is 2. The van der Waals surface area contributed by atoms with Crippen LogP contribution in [-0.4, -0.2) is 14.4 Å². The van der Waals surface area contributed by atoms with E-state index in [9.17, 15) is 0 Å². The molecule has 1 aromatic rings. The molecule has 13 heavy (non-hydrogen) atoms. The van der Waals surface area contributed by atoms with E-state index in [1.807, 2.05) is 19.4 Å². The van der Waals surface area contributed by atoms with E-state index in [1.165, 1.54) is 0 Å². The van der Waals surface area contributed by atoms with Gasteiger partial charge in [0, 0.05) is 30.7 Å². The Labute approximate surface area is 88.5 Å². The second kappa shape index (κ2) is 3.82. The second-order valence-electron chi connectivity index (χ2n) is 4.49. The molecule has 1 atom stereocenters. The van der Waals surface area contributed by atoms with Crippen LogP contribution in [0.15, 0.2) is 12.4 Å². The Hall–Kier alpha value is -0.310. The minimum Gasteiger partial charge on any atom is -0.338 e. The molecule has 2 nitrogen and oxygen atoms in total. The van der Waals surface area contributed by atoms with Crippen molar-refractivity contribution in [2.45, 2.75) is 32.0 Å². The molecule has 1 heterocycles. The third-order valence-electron chi connectivity index (χ3n) is 2.22. The van der Waals surface area contributed by atoms with Crippen molar-refractivity contribution in [1.82, 2.24) is 9.55 Å². The largest absolute Gasteiger partial charge is 0.338 e. The summed E-state index contributed by atoms with van der Waals surface area (Å²) in [7, 11) is 2.03. The van der Waals surface area contributed by atoms with Gasteiger partial charge in [0.1, 0.15) is 5.82 Å². The summed E-state index contributed by atoms with van der Waals surface area (Å²) in [6.07, 6.45) is 4.81. The molecule has 0 bridgehead atoms. The molecule has 0 fully saturated rings. The van der Waals surface area contributed by atoms with E-state index in [1.54, 1.807) is 0 Å². The van der Waals surface area contributed by atoms with Gasteiger partial charge >= 0.3 is 0 Å². The van der Waals surface area contributed by atoms with E-state index in [2.05, 4.69) is 46.3 Å².